The molecule has 5 amide bonds. The average Bonchev–Trinajstić information content (AvgIpc) is 3.22. The molecule has 0 saturated heterocycles. The van der Waals surface area contributed by atoms with Crippen molar-refractivity contribution in [3.05, 3.63) is 103 Å². The van der Waals surface area contributed by atoms with Crippen LogP contribution in [0.4, 0.5) is 0 Å². The van der Waals surface area contributed by atoms with Gasteiger partial charge in [0.2, 0.25) is 5.91 Å². The Morgan fingerprint density at radius 3 is 2.02 bits per heavy atom. The smallest absolute Gasteiger partial charge is 0.296 e. The van der Waals surface area contributed by atoms with Crippen LogP contribution < -0.4 is 53.2 Å². The van der Waals surface area contributed by atoms with Crippen molar-refractivity contribution in [2.75, 3.05) is 65.6 Å². The number of carbonyl (C=O) groups is 5. The second-order valence-electron chi connectivity index (χ2n) is 13.5. The molecule has 314 valence electrons. The zero-order valence-corrected chi connectivity index (χ0v) is 33.2. The molecule has 1 aromatic carbocycles. The highest BCUT2D eigenvalue weighted by molar-refractivity contribution is 5.99. The Bertz CT molecular complexity index is 1970. The number of ether oxygens (including phenoxy) is 1. The average molecular weight is 806 g/mol. The van der Waals surface area contributed by atoms with Crippen molar-refractivity contribution in [3.8, 4) is 0 Å². The van der Waals surface area contributed by atoms with Crippen molar-refractivity contribution >= 4 is 29.5 Å². The van der Waals surface area contributed by atoms with Gasteiger partial charge in [0.05, 0.1) is 6.61 Å². The van der Waals surface area contributed by atoms with Gasteiger partial charge < -0.3 is 51.4 Å². The SMILES string of the molecule is CCCOCCNC(=O)C1CCNCCCCNCCCNC(=O)c2ccc(n(C)c2=O)C(=O)NCCNC(=O)c2ccc(c(=O)n2OCc2ccccc2)C(=O)N1. The summed E-state index contributed by atoms with van der Waals surface area (Å²) in [6.07, 6.45) is 3.39. The highest BCUT2D eigenvalue weighted by atomic mass is 16.7. The lowest BCUT2D eigenvalue weighted by atomic mass is 10.1. The van der Waals surface area contributed by atoms with E-state index in [0.29, 0.717) is 51.4 Å². The van der Waals surface area contributed by atoms with Gasteiger partial charge in [-0.05, 0) is 88.1 Å². The highest BCUT2D eigenvalue weighted by Crippen LogP contribution is 2.05. The van der Waals surface area contributed by atoms with Gasteiger partial charge >= 0.3 is 0 Å². The molecule has 2 aromatic heterocycles. The number of pyridine rings is 2. The second kappa shape index (κ2) is 24.0. The summed E-state index contributed by atoms with van der Waals surface area (Å²) >= 11 is 0. The monoisotopic (exact) mass is 805 g/mol. The molecule has 5 heterocycles. The summed E-state index contributed by atoms with van der Waals surface area (Å²) in [5.41, 5.74) is -1.54. The molecule has 0 aliphatic carbocycles. The van der Waals surface area contributed by atoms with E-state index in [1.807, 2.05) is 13.0 Å². The van der Waals surface area contributed by atoms with Crippen molar-refractivity contribution in [3.63, 3.8) is 0 Å². The Labute approximate surface area is 336 Å². The minimum absolute atomic E-state index is 0.00432. The second-order valence-corrected chi connectivity index (χ2v) is 13.5. The Morgan fingerprint density at radius 1 is 0.690 bits per heavy atom. The molecule has 0 radical (unpaired) electrons. The van der Waals surface area contributed by atoms with Gasteiger partial charge in [0.15, 0.2) is 0 Å². The summed E-state index contributed by atoms with van der Waals surface area (Å²) in [5, 5.41) is 20.1. The quantitative estimate of drug-likeness (QED) is 0.136. The molecule has 0 spiro atoms. The number of carbonyl (C=O) groups excluding carboxylic acids is 5. The van der Waals surface area contributed by atoms with E-state index in [1.165, 1.54) is 31.3 Å². The van der Waals surface area contributed by atoms with E-state index in [-0.39, 0.29) is 55.2 Å². The van der Waals surface area contributed by atoms with Crippen LogP contribution in [0.15, 0.2) is 64.2 Å². The number of benzene rings is 1. The lowest BCUT2D eigenvalue weighted by Crippen LogP contribution is -2.50. The van der Waals surface area contributed by atoms with Gasteiger partial charge in [0, 0.05) is 39.8 Å². The van der Waals surface area contributed by atoms with Crippen molar-refractivity contribution in [2.24, 2.45) is 7.05 Å². The molecular weight excluding hydrogens is 750 g/mol. The zero-order valence-electron chi connectivity index (χ0n) is 33.2. The van der Waals surface area contributed by atoms with Crippen molar-refractivity contribution in [1.29, 1.82) is 0 Å². The van der Waals surface area contributed by atoms with Gasteiger partial charge in [-0.25, -0.2) is 0 Å². The van der Waals surface area contributed by atoms with Crippen LogP contribution in [-0.2, 0) is 23.2 Å². The zero-order chi connectivity index (χ0) is 41.7. The molecule has 3 aromatic rings. The van der Waals surface area contributed by atoms with Crippen LogP contribution in [0.2, 0.25) is 0 Å². The number of hydrogen-bond donors (Lipinski definition) is 7. The maximum absolute atomic E-state index is 13.9. The number of aromatic nitrogens is 2. The van der Waals surface area contributed by atoms with E-state index < -0.39 is 46.7 Å². The van der Waals surface area contributed by atoms with E-state index in [0.717, 1.165) is 35.1 Å². The van der Waals surface area contributed by atoms with Crippen molar-refractivity contribution < 1.29 is 33.5 Å². The largest absolute Gasteiger partial charge is 0.405 e. The molecule has 7 N–H and O–H groups in total. The first-order valence-electron chi connectivity index (χ1n) is 19.7. The number of fused-ring (bicyclic) bond motifs is 2. The summed E-state index contributed by atoms with van der Waals surface area (Å²) in [6, 6.07) is 13.0. The molecule has 3 aliphatic heterocycles. The fourth-order valence-electron chi connectivity index (χ4n) is 5.90. The predicted molar refractivity (Wildman–Crippen MR) is 216 cm³/mol. The maximum atomic E-state index is 13.9. The topological polar surface area (TPSA) is 232 Å². The lowest BCUT2D eigenvalue weighted by Gasteiger charge is -2.20. The third kappa shape index (κ3) is 13.7. The fraction of sp³-hybridized carbons (Fsp3) is 0.475. The third-order valence-electron chi connectivity index (χ3n) is 9.10. The van der Waals surface area contributed by atoms with Gasteiger partial charge in [0.25, 0.3) is 34.7 Å². The molecule has 18 heteroatoms. The van der Waals surface area contributed by atoms with E-state index in [2.05, 4.69) is 37.2 Å². The first kappa shape index (κ1) is 44.9. The first-order chi connectivity index (χ1) is 28.1. The van der Waals surface area contributed by atoms with Gasteiger partial charge in [-0.15, -0.1) is 4.73 Å². The van der Waals surface area contributed by atoms with Crippen molar-refractivity contribution in [2.45, 2.75) is 51.7 Å². The van der Waals surface area contributed by atoms with Crippen LogP contribution in [0.25, 0.3) is 0 Å². The van der Waals surface area contributed by atoms with Crippen LogP contribution in [0, 0.1) is 0 Å². The Balaban J connectivity index is 1.55. The standard InChI is InChI=1S/C40H55N9O9/c1-3-25-57-26-24-46-36(52)31-16-21-42-18-8-7-17-41-19-9-20-43-34(50)29-12-14-32(48(2)39(29)55)37(53)44-22-23-45-38(54)33-15-13-30(35(51)47-31)40(56)49(33)58-27-28-10-5-4-6-11-28/h4-6,10-15,31,41-42H,3,7-9,16-27H2,1-2H3,(H,43,50)(H,44,53)(H,45,54)(H,46,52)(H,47,51). The fourth-order valence-corrected chi connectivity index (χ4v) is 5.90. The van der Waals surface area contributed by atoms with Gasteiger partial charge in [-0.2, -0.15) is 0 Å². The molecule has 0 saturated carbocycles. The van der Waals surface area contributed by atoms with Crippen LogP contribution in [0.5, 0.6) is 0 Å². The number of amides is 5. The van der Waals surface area contributed by atoms with Crippen molar-refractivity contribution in [1.82, 2.24) is 46.5 Å². The number of hydrogen-bond acceptors (Lipinski definition) is 11. The lowest BCUT2D eigenvalue weighted by molar-refractivity contribution is -0.123. The normalized spacial score (nSPS) is 17.0. The van der Waals surface area contributed by atoms with Crippen LogP contribution in [0.3, 0.4) is 0 Å². The summed E-state index contributed by atoms with van der Waals surface area (Å²) in [7, 11) is 1.39. The van der Waals surface area contributed by atoms with E-state index >= 15 is 0 Å². The summed E-state index contributed by atoms with van der Waals surface area (Å²) in [5.74, 6) is -3.16. The summed E-state index contributed by atoms with van der Waals surface area (Å²) < 4.78 is 7.28. The van der Waals surface area contributed by atoms with Gasteiger partial charge in [-0.1, -0.05) is 37.3 Å². The summed E-state index contributed by atoms with van der Waals surface area (Å²) in [4.78, 5) is 98.7. The molecule has 3 aliphatic rings. The van der Waals surface area contributed by atoms with E-state index in [9.17, 15) is 33.6 Å². The number of nitrogens with zero attached hydrogens (tertiary/aromatic N) is 2. The summed E-state index contributed by atoms with van der Waals surface area (Å²) in [6.45, 7) is 5.60. The molecule has 18 nitrogen and oxygen atoms in total. The Morgan fingerprint density at radius 2 is 1.31 bits per heavy atom. The maximum Gasteiger partial charge on any atom is 0.296 e. The molecule has 58 heavy (non-hydrogen) atoms. The highest BCUT2D eigenvalue weighted by Gasteiger charge is 2.25. The van der Waals surface area contributed by atoms with Crippen LogP contribution >= 0.6 is 0 Å². The Hall–Kier alpha value is -5.85. The molecule has 6 rings (SSSR count). The number of rotatable bonds is 9. The molecule has 1 unspecified atom stereocenters. The van der Waals surface area contributed by atoms with Crippen LogP contribution in [0.1, 0.15) is 86.3 Å². The third-order valence-corrected chi connectivity index (χ3v) is 9.10. The predicted octanol–water partition coefficient (Wildman–Crippen LogP) is -0.540. The van der Waals surface area contributed by atoms with Gasteiger partial charge in [-0.3, -0.25) is 33.6 Å². The number of nitrogens with one attached hydrogen (secondary N) is 7. The van der Waals surface area contributed by atoms with E-state index in [4.69, 9.17) is 9.57 Å². The van der Waals surface area contributed by atoms with Gasteiger partial charge in [0.1, 0.15) is 35.2 Å². The minimum Gasteiger partial charge on any atom is -0.405 e. The first-order valence-corrected chi connectivity index (χ1v) is 19.7. The van der Waals surface area contributed by atoms with E-state index in [1.54, 1.807) is 24.3 Å². The molecular formula is C40H55N9O9. The minimum atomic E-state index is -0.995. The Kier molecular flexibility index (Phi) is 18.6. The molecule has 1 atom stereocenters. The van der Waals surface area contributed by atoms with Crippen LogP contribution in [-0.4, -0.2) is 110 Å². The molecule has 0 fully saturated rings. The molecule has 4 bridgehead atoms.